The van der Waals surface area contributed by atoms with Crippen LogP contribution in [0.1, 0.15) is 41.9 Å². The first kappa shape index (κ1) is 16.6. The van der Waals surface area contributed by atoms with Crippen LogP contribution >= 0.6 is 0 Å². The zero-order valence-electron chi connectivity index (χ0n) is 14.1. The van der Waals surface area contributed by atoms with Gasteiger partial charge in [-0.1, -0.05) is 42.5 Å². The van der Waals surface area contributed by atoms with Crippen molar-refractivity contribution < 1.29 is 13.2 Å². The maximum atomic E-state index is 12.7. The molecular weight excluding hydrogens is 323 g/mol. The quantitative estimate of drug-likeness (QED) is 0.712. The lowest BCUT2D eigenvalue weighted by Crippen LogP contribution is -2.36. The lowest BCUT2D eigenvalue weighted by atomic mass is 9.89. The zero-order chi connectivity index (χ0) is 17.5. The summed E-state index contributed by atoms with van der Waals surface area (Å²) < 4.78 is 38.2. The molecule has 2 atom stereocenters. The van der Waals surface area contributed by atoms with E-state index in [2.05, 4.69) is 29.2 Å². The Morgan fingerprint density at radius 2 is 1.72 bits per heavy atom. The summed E-state index contributed by atoms with van der Waals surface area (Å²) in [6.07, 6.45) is -0.797. The molecule has 2 aromatic carbocycles. The van der Waals surface area contributed by atoms with Crippen LogP contribution in [0.3, 0.4) is 0 Å². The van der Waals surface area contributed by atoms with Gasteiger partial charge in [-0.15, -0.1) is 0 Å². The molecular formula is C21H22F3N. The van der Waals surface area contributed by atoms with Crippen molar-refractivity contribution in [3.63, 3.8) is 0 Å². The molecule has 0 radical (unpaired) electrons. The Balaban J connectivity index is 1.43. The highest BCUT2D eigenvalue weighted by atomic mass is 19.4. The molecule has 132 valence electrons. The van der Waals surface area contributed by atoms with Crippen LogP contribution in [0.2, 0.25) is 0 Å². The summed E-state index contributed by atoms with van der Waals surface area (Å²) in [6.45, 7) is 3.12. The summed E-state index contributed by atoms with van der Waals surface area (Å²) in [7, 11) is 0. The highest BCUT2D eigenvalue weighted by Crippen LogP contribution is 2.63. The van der Waals surface area contributed by atoms with Gasteiger partial charge in [0.25, 0.3) is 0 Å². The summed E-state index contributed by atoms with van der Waals surface area (Å²) in [4.78, 5) is 2.50. The zero-order valence-corrected chi connectivity index (χ0v) is 14.1. The first-order valence-electron chi connectivity index (χ1n) is 8.90. The van der Waals surface area contributed by atoms with E-state index in [1.54, 1.807) is 12.1 Å². The number of hydrogen-bond acceptors (Lipinski definition) is 1. The van der Waals surface area contributed by atoms with E-state index in [0.717, 1.165) is 31.6 Å². The third-order valence-corrected chi connectivity index (χ3v) is 5.77. The number of piperidine rings is 1. The van der Waals surface area contributed by atoms with Crippen LogP contribution in [-0.2, 0) is 12.7 Å². The van der Waals surface area contributed by atoms with Gasteiger partial charge in [-0.2, -0.15) is 13.2 Å². The fraction of sp³-hybridized carbons (Fsp3) is 0.429. The van der Waals surface area contributed by atoms with Gasteiger partial charge >= 0.3 is 6.18 Å². The topological polar surface area (TPSA) is 3.24 Å². The summed E-state index contributed by atoms with van der Waals surface area (Å²) in [5.74, 6) is 0.411. The molecule has 1 aliphatic carbocycles. The summed E-state index contributed by atoms with van der Waals surface area (Å²) in [5, 5.41) is 0. The first-order chi connectivity index (χ1) is 12.0. The Labute approximate surface area is 146 Å². The van der Waals surface area contributed by atoms with Gasteiger partial charge in [0.2, 0.25) is 0 Å². The van der Waals surface area contributed by atoms with Crippen LogP contribution in [0.4, 0.5) is 13.2 Å². The van der Waals surface area contributed by atoms with Crippen LogP contribution in [0.15, 0.2) is 54.6 Å². The smallest absolute Gasteiger partial charge is 0.299 e. The van der Waals surface area contributed by atoms with Crippen molar-refractivity contribution in [3.05, 3.63) is 71.3 Å². The second-order valence-electron chi connectivity index (χ2n) is 7.54. The van der Waals surface area contributed by atoms with Crippen LogP contribution < -0.4 is 0 Å². The van der Waals surface area contributed by atoms with E-state index < -0.39 is 11.7 Å². The fourth-order valence-corrected chi connectivity index (χ4v) is 4.41. The van der Waals surface area contributed by atoms with Gasteiger partial charge in [0, 0.05) is 13.1 Å². The molecule has 0 aromatic heterocycles. The highest BCUT2D eigenvalue weighted by Gasteiger charge is 2.55. The Morgan fingerprint density at radius 1 is 1.00 bits per heavy atom. The predicted octanol–water partition coefficient (Wildman–Crippen LogP) is 5.48. The number of rotatable bonds is 3. The van der Waals surface area contributed by atoms with E-state index in [9.17, 15) is 13.2 Å². The molecule has 1 aliphatic heterocycles. The molecule has 2 aromatic rings. The average molecular weight is 345 g/mol. The third kappa shape index (κ3) is 3.45. The average Bonchev–Trinajstić information content (AvgIpc) is 3.28. The number of halogens is 3. The lowest BCUT2D eigenvalue weighted by molar-refractivity contribution is -0.137. The minimum atomic E-state index is -4.25. The summed E-state index contributed by atoms with van der Waals surface area (Å²) in [5.41, 5.74) is 2.11. The number of likely N-dealkylation sites (tertiary alicyclic amines) is 1. The van der Waals surface area contributed by atoms with E-state index in [1.807, 2.05) is 6.07 Å². The number of hydrogen-bond donors (Lipinski definition) is 0. The van der Waals surface area contributed by atoms with E-state index >= 15 is 0 Å². The van der Waals surface area contributed by atoms with Crippen molar-refractivity contribution in [3.8, 4) is 0 Å². The molecule has 2 aliphatic rings. The van der Waals surface area contributed by atoms with E-state index in [0.29, 0.717) is 5.92 Å². The molecule has 2 fully saturated rings. The van der Waals surface area contributed by atoms with Gasteiger partial charge in [0.05, 0.1) is 5.56 Å². The molecule has 1 saturated carbocycles. The Morgan fingerprint density at radius 3 is 2.40 bits per heavy atom. The Kier molecular flexibility index (Phi) is 4.11. The minimum absolute atomic E-state index is 0.271. The summed E-state index contributed by atoms with van der Waals surface area (Å²) >= 11 is 0. The molecule has 1 heterocycles. The van der Waals surface area contributed by atoms with E-state index in [4.69, 9.17) is 0 Å². The molecule has 0 N–H and O–H groups in total. The van der Waals surface area contributed by atoms with Crippen LogP contribution in [0, 0.1) is 5.41 Å². The molecule has 25 heavy (non-hydrogen) atoms. The van der Waals surface area contributed by atoms with Crippen molar-refractivity contribution in [2.24, 2.45) is 5.41 Å². The second kappa shape index (κ2) is 6.17. The third-order valence-electron chi connectivity index (χ3n) is 5.77. The van der Waals surface area contributed by atoms with Gasteiger partial charge in [-0.05, 0) is 60.4 Å². The fourth-order valence-electron chi connectivity index (χ4n) is 4.41. The van der Waals surface area contributed by atoms with Gasteiger partial charge < -0.3 is 0 Å². The molecule has 0 amide bonds. The SMILES string of the molecule is FC(F)(F)c1ccc([C@H]2CC23CCCN(Cc2ccccc2)C3)cc1. The van der Waals surface area contributed by atoms with Crippen LogP contribution in [0.25, 0.3) is 0 Å². The van der Waals surface area contributed by atoms with Crippen LogP contribution in [-0.4, -0.2) is 18.0 Å². The molecule has 1 unspecified atom stereocenters. The predicted molar refractivity (Wildman–Crippen MR) is 92.2 cm³/mol. The number of benzene rings is 2. The van der Waals surface area contributed by atoms with Gasteiger partial charge in [-0.3, -0.25) is 4.90 Å². The minimum Gasteiger partial charge on any atom is -0.299 e. The summed E-state index contributed by atoms with van der Waals surface area (Å²) in [6, 6.07) is 16.3. The molecule has 4 heteroatoms. The molecule has 1 spiro atoms. The normalized spacial score (nSPS) is 26.8. The molecule has 1 nitrogen and oxygen atoms in total. The highest BCUT2D eigenvalue weighted by molar-refractivity contribution is 5.34. The molecule has 0 bridgehead atoms. The Hall–Kier alpha value is -1.81. The maximum absolute atomic E-state index is 12.7. The van der Waals surface area contributed by atoms with Crippen molar-refractivity contribution in [2.75, 3.05) is 13.1 Å². The monoisotopic (exact) mass is 345 g/mol. The Bertz CT molecular complexity index is 723. The van der Waals surface area contributed by atoms with Crippen molar-refractivity contribution >= 4 is 0 Å². The van der Waals surface area contributed by atoms with Gasteiger partial charge in [0.1, 0.15) is 0 Å². The van der Waals surface area contributed by atoms with Gasteiger partial charge in [-0.25, -0.2) is 0 Å². The number of nitrogens with zero attached hydrogens (tertiary/aromatic N) is 1. The first-order valence-corrected chi connectivity index (χ1v) is 8.90. The van der Waals surface area contributed by atoms with E-state index in [1.165, 1.54) is 30.5 Å². The lowest BCUT2D eigenvalue weighted by Gasteiger charge is -2.34. The van der Waals surface area contributed by atoms with E-state index in [-0.39, 0.29) is 5.41 Å². The van der Waals surface area contributed by atoms with Gasteiger partial charge in [0.15, 0.2) is 0 Å². The van der Waals surface area contributed by atoms with Crippen molar-refractivity contribution in [1.29, 1.82) is 0 Å². The maximum Gasteiger partial charge on any atom is 0.416 e. The second-order valence-corrected chi connectivity index (χ2v) is 7.54. The van der Waals surface area contributed by atoms with Crippen molar-refractivity contribution in [1.82, 2.24) is 4.90 Å². The number of alkyl halides is 3. The van der Waals surface area contributed by atoms with Crippen molar-refractivity contribution in [2.45, 2.75) is 37.9 Å². The standard InChI is InChI=1S/C21H22F3N/c22-21(23,24)18-9-7-17(8-10-18)19-13-20(19)11-4-12-25(15-20)14-16-5-2-1-3-6-16/h1-3,5-10,19H,4,11-15H2/t19-,20?/m1/s1. The molecule has 4 rings (SSSR count). The largest absolute Gasteiger partial charge is 0.416 e. The van der Waals surface area contributed by atoms with Crippen LogP contribution in [0.5, 0.6) is 0 Å². The molecule has 1 saturated heterocycles.